The van der Waals surface area contributed by atoms with Crippen LogP contribution in [0.2, 0.25) is 0 Å². The van der Waals surface area contributed by atoms with Crippen LogP contribution in [0.3, 0.4) is 0 Å². The van der Waals surface area contributed by atoms with Gasteiger partial charge < -0.3 is 15.8 Å². The molecule has 0 aromatic carbocycles. The zero-order chi connectivity index (χ0) is 12.2. The van der Waals surface area contributed by atoms with Crippen molar-refractivity contribution in [3.63, 3.8) is 0 Å². The Labute approximate surface area is 112 Å². The standard InChI is InChI=1S/C11H18N2O2S.ClH/c1-11(2,9-5-4-6-16-9)13-10(14)8(12)7-15-3;/h4-6,8H,7,12H2,1-3H3,(H,13,14);1H. The Balaban J connectivity index is 0.00000256. The van der Waals surface area contributed by atoms with E-state index in [2.05, 4.69) is 5.32 Å². The summed E-state index contributed by atoms with van der Waals surface area (Å²) >= 11 is 1.61. The molecule has 6 heteroatoms. The summed E-state index contributed by atoms with van der Waals surface area (Å²) in [6, 6.07) is 3.33. The Kier molecular flexibility index (Phi) is 6.70. The largest absolute Gasteiger partial charge is 0.383 e. The molecule has 17 heavy (non-hydrogen) atoms. The summed E-state index contributed by atoms with van der Waals surface area (Å²) in [4.78, 5) is 12.8. The van der Waals surface area contributed by atoms with Crippen molar-refractivity contribution < 1.29 is 9.53 Å². The van der Waals surface area contributed by atoms with Gasteiger partial charge in [-0.3, -0.25) is 4.79 Å². The monoisotopic (exact) mass is 278 g/mol. The minimum absolute atomic E-state index is 0. The van der Waals surface area contributed by atoms with Crippen molar-refractivity contribution in [2.45, 2.75) is 25.4 Å². The third kappa shape index (κ3) is 4.63. The molecule has 1 aromatic heterocycles. The average molecular weight is 279 g/mol. The number of nitrogens with two attached hydrogens (primary N) is 1. The van der Waals surface area contributed by atoms with Gasteiger partial charge in [-0.2, -0.15) is 0 Å². The molecule has 0 saturated carbocycles. The fourth-order valence-corrected chi connectivity index (χ4v) is 2.16. The zero-order valence-electron chi connectivity index (χ0n) is 10.2. The third-order valence-corrected chi connectivity index (χ3v) is 3.45. The predicted molar refractivity (Wildman–Crippen MR) is 72.6 cm³/mol. The SMILES string of the molecule is COCC(N)C(=O)NC(C)(C)c1cccs1.Cl. The van der Waals surface area contributed by atoms with Crippen molar-refractivity contribution in [1.82, 2.24) is 5.32 Å². The van der Waals surface area contributed by atoms with E-state index in [-0.39, 0.29) is 24.9 Å². The lowest BCUT2D eigenvalue weighted by atomic mass is 10.0. The van der Waals surface area contributed by atoms with Crippen LogP contribution in [-0.4, -0.2) is 25.7 Å². The number of hydrogen-bond acceptors (Lipinski definition) is 4. The highest BCUT2D eigenvalue weighted by atomic mass is 35.5. The van der Waals surface area contributed by atoms with Gasteiger partial charge in [0.05, 0.1) is 12.1 Å². The maximum atomic E-state index is 11.7. The highest BCUT2D eigenvalue weighted by Crippen LogP contribution is 2.24. The van der Waals surface area contributed by atoms with Crippen molar-refractivity contribution in [2.24, 2.45) is 5.73 Å². The van der Waals surface area contributed by atoms with Gasteiger partial charge in [-0.1, -0.05) is 6.07 Å². The highest BCUT2D eigenvalue weighted by molar-refractivity contribution is 7.10. The molecule has 1 aromatic rings. The summed E-state index contributed by atoms with van der Waals surface area (Å²) in [5.41, 5.74) is 5.26. The topological polar surface area (TPSA) is 64.3 Å². The quantitative estimate of drug-likeness (QED) is 0.858. The summed E-state index contributed by atoms with van der Waals surface area (Å²) in [6.07, 6.45) is 0. The van der Waals surface area contributed by atoms with E-state index in [1.165, 1.54) is 7.11 Å². The van der Waals surface area contributed by atoms with E-state index in [1.807, 2.05) is 31.4 Å². The molecular formula is C11H19ClN2O2S. The first-order valence-electron chi connectivity index (χ1n) is 5.08. The van der Waals surface area contributed by atoms with Gasteiger partial charge in [0.1, 0.15) is 6.04 Å². The second-order valence-electron chi connectivity index (χ2n) is 4.15. The van der Waals surface area contributed by atoms with E-state index in [0.29, 0.717) is 0 Å². The third-order valence-electron chi connectivity index (χ3n) is 2.26. The maximum absolute atomic E-state index is 11.7. The highest BCUT2D eigenvalue weighted by Gasteiger charge is 2.26. The first-order chi connectivity index (χ1) is 7.47. The Morgan fingerprint density at radius 1 is 1.65 bits per heavy atom. The number of halogens is 1. The van der Waals surface area contributed by atoms with Gasteiger partial charge in [-0.05, 0) is 25.3 Å². The van der Waals surface area contributed by atoms with Gasteiger partial charge in [0.25, 0.3) is 0 Å². The minimum atomic E-state index is -0.621. The van der Waals surface area contributed by atoms with E-state index in [0.717, 1.165) is 4.88 Å². The van der Waals surface area contributed by atoms with Crippen LogP contribution >= 0.6 is 23.7 Å². The van der Waals surface area contributed by atoms with Crippen LogP contribution in [0.5, 0.6) is 0 Å². The molecule has 0 fully saturated rings. The van der Waals surface area contributed by atoms with Gasteiger partial charge in [0.15, 0.2) is 0 Å². The van der Waals surface area contributed by atoms with Crippen molar-refractivity contribution in [2.75, 3.05) is 13.7 Å². The molecule has 98 valence electrons. The Morgan fingerprint density at radius 3 is 2.76 bits per heavy atom. The average Bonchev–Trinajstić information content (AvgIpc) is 2.70. The number of carbonyl (C=O) groups excluding carboxylic acids is 1. The van der Waals surface area contributed by atoms with E-state index < -0.39 is 11.6 Å². The second kappa shape index (κ2) is 6.96. The van der Waals surface area contributed by atoms with Crippen molar-refractivity contribution in [3.8, 4) is 0 Å². The number of amides is 1. The van der Waals surface area contributed by atoms with E-state index in [4.69, 9.17) is 10.5 Å². The molecule has 0 aliphatic heterocycles. The molecule has 0 saturated heterocycles. The molecule has 0 aliphatic carbocycles. The van der Waals surface area contributed by atoms with Crippen LogP contribution in [-0.2, 0) is 15.1 Å². The molecule has 1 heterocycles. The summed E-state index contributed by atoms with van der Waals surface area (Å²) in [7, 11) is 1.53. The smallest absolute Gasteiger partial charge is 0.240 e. The molecule has 0 radical (unpaired) electrons. The Morgan fingerprint density at radius 2 is 2.29 bits per heavy atom. The van der Waals surface area contributed by atoms with Crippen molar-refractivity contribution in [3.05, 3.63) is 22.4 Å². The van der Waals surface area contributed by atoms with Crippen molar-refractivity contribution in [1.29, 1.82) is 0 Å². The fourth-order valence-electron chi connectivity index (χ4n) is 1.35. The first kappa shape index (κ1) is 16.4. The molecule has 1 atom stereocenters. The van der Waals surface area contributed by atoms with E-state index >= 15 is 0 Å². The number of hydrogen-bond donors (Lipinski definition) is 2. The number of nitrogens with one attached hydrogen (secondary N) is 1. The van der Waals surface area contributed by atoms with Gasteiger partial charge in [0, 0.05) is 12.0 Å². The molecule has 0 bridgehead atoms. The Hall–Kier alpha value is -0.620. The summed E-state index contributed by atoms with van der Waals surface area (Å²) in [5, 5.41) is 4.89. The minimum Gasteiger partial charge on any atom is -0.383 e. The molecule has 4 nitrogen and oxygen atoms in total. The van der Waals surface area contributed by atoms with Crippen LogP contribution in [0.1, 0.15) is 18.7 Å². The molecule has 3 N–H and O–H groups in total. The maximum Gasteiger partial charge on any atom is 0.240 e. The first-order valence-corrected chi connectivity index (χ1v) is 5.96. The number of rotatable bonds is 5. The lowest BCUT2D eigenvalue weighted by molar-refractivity contribution is -0.125. The molecular weight excluding hydrogens is 260 g/mol. The number of ether oxygens (including phenoxy) is 1. The normalized spacial score (nSPS) is 12.7. The lowest BCUT2D eigenvalue weighted by Gasteiger charge is -2.26. The van der Waals surface area contributed by atoms with Gasteiger partial charge in [0.2, 0.25) is 5.91 Å². The number of thiophene rings is 1. The van der Waals surface area contributed by atoms with Crippen LogP contribution in [0.4, 0.5) is 0 Å². The Bertz CT molecular complexity index is 341. The summed E-state index contributed by atoms with van der Waals surface area (Å²) < 4.78 is 4.85. The molecule has 1 amide bonds. The van der Waals surface area contributed by atoms with Gasteiger partial charge in [-0.25, -0.2) is 0 Å². The number of carbonyl (C=O) groups is 1. The fraction of sp³-hybridized carbons (Fsp3) is 0.545. The van der Waals surface area contributed by atoms with Crippen LogP contribution < -0.4 is 11.1 Å². The van der Waals surface area contributed by atoms with Gasteiger partial charge in [-0.15, -0.1) is 23.7 Å². The molecule has 1 unspecified atom stereocenters. The zero-order valence-corrected chi connectivity index (χ0v) is 11.9. The lowest BCUT2D eigenvalue weighted by Crippen LogP contribution is -2.50. The summed E-state index contributed by atoms with van der Waals surface area (Å²) in [5.74, 6) is -0.194. The van der Waals surface area contributed by atoms with Crippen LogP contribution in [0.15, 0.2) is 17.5 Å². The van der Waals surface area contributed by atoms with E-state index in [9.17, 15) is 4.79 Å². The number of methoxy groups -OCH3 is 1. The van der Waals surface area contributed by atoms with Gasteiger partial charge >= 0.3 is 0 Å². The van der Waals surface area contributed by atoms with Crippen LogP contribution in [0, 0.1) is 0 Å². The molecule has 1 rings (SSSR count). The summed E-state index contributed by atoms with van der Waals surface area (Å²) in [6.45, 7) is 4.14. The molecule has 0 aliphatic rings. The predicted octanol–water partition coefficient (Wildman–Crippen LogP) is 1.49. The van der Waals surface area contributed by atoms with E-state index in [1.54, 1.807) is 11.3 Å². The molecule has 0 spiro atoms. The van der Waals surface area contributed by atoms with Crippen LogP contribution in [0.25, 0.3) is 0 Å². The van der Waals surface area contributed by atoms with Crippen molar-refractivity contribution >= 4 is 29.7 Å². The second-order valence-corrected chi connectivity index (χ2v) is 5.10.